The Balaban J connectivity index is 1.15. The molecule has 9 aromatic rings. The largest absolute Gasteiger partial charge is 0.455 e. The minimum atomic E-state index is -0.0973. The predicted octanol–water partition coefficient (Wildman–Crippen LogP) is 13.8. The monoisotopic (exact) mass is 653 g/mol. The van der Waals surface area contributed by atoms with Crippen LogP contribution in [0.2, 0.25) is 0 Å². The first-order valence-electron chi connectivity index (χ1n) is 17.7. The van der Waals surface area contributed by atoms with Gasteiger partial charge in [-0.1, -0.05) is 153 Å². The van der Waals surface area contributed by atoms with Gasteiger partial charge in [-0.3, -0.25) is 0 Å². The van der Waals surface area contributed by atoms with Crippen LogP contribution in [0.25, 0.3) is 66.1 Å². The van der Waals surface area contributed by atoms with Crippen molar-refractivity contribution in [3.8, 4) is 33.4 Å². The number of hydrogen-bond donors (Lipinski definition) is 0. The molecule has 2 nitrogen and oxygen atoms in total. The molecule has 0 bridgehead atoms. The first kappa shape index (κ1) is 29.5. The van der Waals surface area contributed by atoms with Crippen molar-refractivity contribution in [1.29, 1.82) is 0 Å². The average Bonchev–Trinajstić information content (AvgIpc) is 3.69. The Labute approximate surface area is 297 Å². The van der Waals surface area contributed by atoms with Gasteiger partial charge in [-0.25, -0.2) is 0 Å². The summed E-state index contributed by atoms with van der Waals surface area (Å²) in [6, 6.07) is 63.5. The second-order valence-corrected chi connectivity index (χ2v) is 14.1. The standard InChI is InChI=1S/C49H35NO/c1-49(2)42-22-9-8-19-40(42)47-43(49)23-12-24-44(47)50(37-17-10-16-35(31-37)32-13-4-3-5-14-32)36-28-25-34(26-29-36)39-20-11-21-41-46-38-18-7-6-15-33(38)27-30-45(46)51-48(39)41/h3-31H,1-2H3. The third-order valence-electron chi connectivity index (χ3n) is 10.9. The van der Waals surface area contributed by atoms with E-state index in [0.29, 0.717) is 0 Å². The Hall–Kier alpha value is -6.38. The van der Waals surface area contributed by atoms with Gasteiger partial charge < -0.3 is 9.32 Å². The molecule has 10 rings (SSSR count). The zero-order valence-corrected chi connectivity index (χ0v) is 28.6. The molecule has 1 aliphatic carbocycles. The summed E-state index contributed by atoms with van der Waals surface area (Å²) in [5, 5.41) is 4.75. The minimum absolute atomic E-state index is 0.0973. The number of fused-ring (bicyclic) bond motifs is 8. The second-order valence-electron chi connectivity index (χ2n) is 14.1. The van der Waals surface area contributed by atoms with Crippen LogP contribution in [0.1, 0.15) is 25.0 Å². The molecule has 2 heteroatoms. The maximum absolute atomic E-state index is 6.61. The smallest absolute Gasteiger partial charge is 0.143 e. The number of rotatable bonds is 5. The number of benzene rings is 8. The van der Waals surface area contributed by atoms with Crippen LogP contribution in [0.3, 0.4) is 0 Å². The lowest BCUT2D eigenvalue weighted by molar-refractivity contribution is 0.660. The highest BCUT2D eigenvalue weighted by Crippen LogP contribution is 2.54. The Morgan fingerprint density at radius 3 is 2.04 bits per heavy atom. The van der Waals surface area contributed by atoms with E-state index in [1.54, 1.807) is 0 Å². The number of anilines is 3. The van der Waals surface area contributed by atoms with Gasteiger partial charge in [0.1, 0.15) is 11.2 Å². The summed E-state index contributed by atoms with van der Waals surface area (Å²) in [5.74, 6) is 0. The topological polar surface area (TPSA) is 16.4 Å². The Morgan fingerprint density at radius 2 is 1.16 bits per heavy atom. The summed E-state index contributed by atoms with van der Waals surface area (Å²) < 4.78 is 6.61. The van der Waals surface area contributed by atoms with E-state index in [1.807, 2.05) is 0 Å². The van der Waals surface area contributed by atoms with Crippen molar-refractivity contribution in [2.45, 2.75) is 19.3 Å². The highest BCUT2D eigenvalue weighted by Gasteiger charge is 2.37. The third kappa shape index (κ3) is 4.57. The molecular weight excluding hydrogens is 619 g/mol. The quantitative estimate of drug-likeness (QED) is 0.184. The van der Waals surface area contributed by atoms with E-state index in [0.717, 1.165) is 39.1 Å². The van der Waals surface area contributed by atoms with E-state index in [1.165, 1.54) is 55.2 Å². The highest BCUT2D eigenvalue weighted by atomic mass is 16.3. The molecule has 0 N–H and O–H groups in total. The second kappa shape index (κ2) is 11.3. The van der Waals surface area contributed by atoms with Crippen molar-refractivity contribution in [2.24, 2.45) is 0 Å². The van der Waals surface area contributed by atoms with E-state index in [-0.39, 0.29) is 5.41 Å². The SMILES string of the molecule is CC1(C)c2ccccc2-c2c(N(c3ccc(-c4cccc5c4oc4ccc6ccccc6c45)cc3)c3cccc(-c4ccccc4)c3)cccc21. The van der Waals surface area contributed by atoms with Crippen LogP contribution in [0.15, 0.2) is 180 Å². The molecular formula is C49H35NO. The van der Waals surface area contributed by atoms with Crippen molar-refractivity contribution in [3.63, 3.8) is 0 Å². The van der Waals surface area contributed by atoms with Gasteiger partial charge in [-0.05, 0) is 80.6 Å². The first-order valence-corrected chi connectivity index (χ1v) is 17.7. The van der Waals surface area contributed by atoms with Crippen LogP contribution >= 0.6 is 0 Å². The third-order valence-corrected chi connectivity index (χ3v) is 10.9. The lowest BCUT2D eigenvalue weighted by atomic mass is 9.82. The summed E-state index contributed by atoms with van der Waals surface area (Å²) in [5.41, 5.74) is 15.1. The molecule has 1 aliphatic rings. The number of hydrogen-bond acceptors (Lipinski definition) is 2. The lowest BCUT2D eigenvalue weighted by Gasteiger charge is -2.29. The number of nitrogens with zero attached hydrogens (tertiary/aromatic N) is 1. The molecule has 0 radical (unpaired) electrons. The minimum Gasteiger partial charge on any atom is -0.455 e. The summed E-state index contributed by atoms with van der Waals surface area (Å²) in [6.45, 7) is 4.69. The van der Waals surface area contributed by atoms with Gasteiger partial charge in [-0.2, -0.15) is 0 Å². The van der Waals surface area contributed by atoms with Gasteiger partial charge in [0.15, 0.2) is 0 Å². The summed E-state index contributed by atoms with van der Waals surface area (Å²) in [7, 11) is 0. The van der Waals surface area contributed by atoms with Crippen molar-refractivity contribution in [1.82, 2.24) is 0 Å². The molecule has 0 saturated carbocycles. The molecule has 0 unspecified atom stereocenters. The maximum Gasteiger partial charge on any atom is 0.143 e. The van der Waals surface area contributed by atoms with Crippen LogP contribution in [0.4, 0.5) is 17.1 Å². The van der Waals surface area contributed by atoms with Gasteiger partial charge in [0.05, 0.1) is 5.69 Å². The normalized spacial score (nSPS) is 13.1. The van der Waals surface area contributed by atoms with E-state index in [2.05, 4.69) is 195 Å². The van der Waals surface area contributed by atoms with Crippen molar-refractivity contribution in [2.75, 3.05) is 4.90 Å². The summed E-state index contributed by atoms with van der Waals surface area (Å²) in [4.78, 5) is 2.43. The Bertz CT molecular complexity index is 2770. The molecule has 0 amide bonds. The van der Waals surface area contributed by atoms with E-state index < -0.39 is 0 Å². The summed E-state index contributed by atoms with van der Waals surface area (Å²) in [6.07, 6.45) is 0. The molecule has 0 spiro atoms. The molecule has 242 valence electrons. The van der Waals surface area contributed by atoms with Crippen LogP contribution in [0, 0.1) is 0 Å². The van der Waals surface area contributed by atoms with Gasteiger partial charge in [0, 0.05) is 38.7 Å². The van der Waals surface area contributed by atoms with E-state index in [4.69, 9.17) is 4.42 Å². The molecule has 0 aliphatic heterocycles. The van der Waals surface area contributed by atoms with Crippen LogP contribution < -0.4 is 4.90 Å². The predicted molar refractivity (Wildman–Crippen MR) is 214 cm³/mol. The molecule has 0 fully saturated rings. The van der Waals surface area contributed by atoms with Crippen LogP contribution in [-0.4, -0.2) is 0 Å². The zero-order chi connectivity index (χ0) is 34.1. The van der Waals surface area contributed by atoms with E-state index in [9.17, 15) is 0 Å². The molecule has 0 atom stereocenters. The van der Waals surface area contributed by atoms with Crippen molar-refractivity contribution >= 4 is 49.8 Å². The van der Waals surface area contributed by atoms with Crippen molar-refractivity contribution < 1.29 is 4.42 Å². The molecule has 8 aromatic carbocycles. The van der Waals surface area contributed by atoms with Gasteiger partial charge >= 0.3 is 0 Å². The fraction of sp³-hybridized carbons (Fsp3) is 0.0612. The van der Waals surface area contributed by atoms with Gasteiger partial charge in [0.2, 0.25) is 0 Å². The van der Waals surface area contributed by atoms with Gasteiger partial charge in [-0.15, -0.1) is 0 Å². The fourth-order valence-corrected chi connectivity index (χ4v) is 8.39. The average molecular weight is 654 g/mol. The fourth-order valence-electron chi connectivity index (χ4n) is 8.39. The lowest BCUT2D eigenvalue weighted by Crippen LogP contribution is -2.16. The van der Waals surface area contributed by atoms with Gasteiger partial charge in [0.25, 0.3) is 0 Å². The number of para-hydroxylation sites is 1. The molecule has 1 heterocycles. The molecule has 1 aromatic heterocycles. The van der Waals surface area contributed by atoms with Crippen molar-refractivity contribution in [3.05, 3.63) is 187 Å². The number of furan rings is 1. The summed E-state index contributed by atoms with van der Waals surface area (Å²) >= 11 is 0. The Kier molecular flexibility index (Phi) is 6.56. The first-order chi connectivity index (χ1) is 25.1. The Morgan fingerprint density at radius 1 is 0.471 bits per heavy atom. The highest BCUT2D eigenvalue weighted by molar-refractivity contribution is 6.20. The molecule has 51 heavy (non-hydrogen) atoms. The zero-order valence-electron chi connectivity index (χ0n) is 28.6. The maximum atomic E-state index is 6.61. The van der Waals surface area contributed by atoms with Crippen LogP contribution in [0.5, 0.6) is 0 Å². The molecule has 0 saturated heterocycles. The van der Waals surface area contributed by atoms with E-state index >= 15 is 0 Å². The van der Waals surface area contributed by atoms with Crippen LogP contribution in [-0.2, 0) is 5.41 Å².